The lowest BCUT2D eigenvalue weighted by molar-refractivity contribution is 0.0953. The summed E-state index contributed by atoms with van der Waals surface area (Å²) in [5, 5.41) is 4.05. The van der Waals surface area contributed by atoms with E-state index < -0.39 is 0 Å². The van der Waals surface area contributed by atoms with Crippen LogP contribution in [-0.2, 0) is 6.54 Å². The minimum Gasteiger partial charge on any atom is -0.361 e. The summed E-state index contributed by atoms with van der Waals surface area (Å²) in [7, 11) is 0. The lowest BCUT2D eigenvalue weighted by atomic mass is 10.1. The van der Waals surface area contributed by atoms with Crippen molar-refractivity contribution in [2.45, 2.75) is 20.4 Å². The van der Waals surface area contributed by atoms with Crippen LogP contribution >= 0.6 is 11.3 Å². The lowest BCUT2D eigenvalue weighted by Gasteiger charge is -2.05. The second kappa shape index (κ2) is 5.13. The largest absolute Gasteiger partial charge is 0.361 e. The maximum atomic E-state index is 12.3. The molecule has 102 valence electrons. The van der Waals surface area contributed by atoms with Gasteiger partial charge in [-0.15, -0.1) is 11.3 Å². The van der Waals surface area contributed by atoms with Crippen LogP contribution in [0, 0.1) is 13.8 Å². The number of aromatic amines is 1. The number of carbonyl (C=O) groups is 1. The van der Waals surface area contributed by atoms with Crippen molar-refractivity contribution in [3.8, 4) is 0 Å². The number of aryl methyl sites for hydroxylation is 2. The molecule has 20 heavy (non-hydrogen) atoms. The highest BCUT2D eigenvalue weighted by Crippen LogP contribution is 2.21. The van der Waals surface area contributed by atoms with Crippen LogP contribution in [0.4, 0.5) is 0 Å². The van der Waals surface area contributed by atoms with Gasteiger partial charge in [0, 0.05) is 21.3 Å². The highest BCUT2D eigenvalue weighted by Gasteiger charge is 2.11. The molecule has 0 atom stereocenters. The zero-order valence-corrected chi connectivity index (χ0v) is 12.3. The molecule has 0 saturated carbocycles. The topological polar surface area (TPSA) is 44.9 Å². The van der Waals surface area contributed by atoms with Crippen LogP contribution < -0.4 is 5.32 Å². The van der Waals surface area contributed by atoms with Gasteiger partial charge in [-0.05, 0) is 37.6 Å². The van der Waals surface area contributed by atoms with Crippen LogP contribution in [0.25, 0.3) is 10.9 Å². The third kappa shape index (κ3) is 2.34. The highest BCUT2D eigenvalue weighted by atomic mass is 32.1. The Kier molecular flexibility index (Phi) is 3.32. The van der Waals surface area contributed by atoms with Crippen LogP contribution in [-0.4, -0.2) is 10.9 Å². The van der Waals surface area contributed by atoms with Gasteiger partial charge >= 0.3 is 0 Å². The summed E-state index contributed by atoms with van der Waals surface area (Å²) in [6.07, 6.45) is 1.85. The zero-order chi connectivity index (χ0) is 14.1. The van der Waals surface area contributed by atoms with E-state index in [1.165, 1.54) is 15.3 Å². The number of para-hydroxylation sites is 1. The molecule has 0 aliphatic heterocycles. The quantitative estimate of drug-likeness (QED) is 0.755. The number of nitrogens with one attached hydrogen (secondary N) is 2. The first-order valence-electron chi connectivity index (χ1n) is 6.55. The number of hydrogen-bond acceptors (Lipinski definition) is 2. The molecule has 0 radical (unpaired) electrons. The van der Waals surface area contributed by atoms with Crippen LogP contribution in [0.15, 0.2) is 36.5 Å². The average Bonchev–Trinajstić information content (AvgIpc) is 3.03. The fraction of sp³-hybridized carbons (Fsp3) is 0.188. The Bertz CT molecular complexity index is 750. The molecule has 0 saturated heterocycles. The molecule has 3 rings (SSSR count). The van der Waals surface area contributed by atoms with Crippen molar-refractivity contribution in [2.75, 3.05) is 0 Å². The maximum Gasteiger partial charge on any atom is 0.253 e. The van der Waals surface area contributed by atoms with Crippen LogP contribution in [0.5, 0.6) is 0 Å². The molecule has 0 aliphatic rings. The van der Waals surface area contributed by atoms with Gasteiger partial charge in [0.05, 0.1) is 17.6 Å². The van der Waals surface area contributed by atoms with Crippen molar-refractivity contribution in [1.29, 1.82) is 0 Å². The van der Waals surface area contributed by atoms with E-state index in [0.29, 0.717) is 12.1 Å². The van der Waals surface area contributed by atoms with E-state index >= 15 is 0 Å². The van der Waals surface area contributed by atoms with Crippen molar-refractivity contribution < 1.29 is 4.79 Å². The third-order valence-corrected chi connectivity index (χ3v) is 4.62. The predicted octanol–water partition coefficient (Wildman–Crippen LogP) is 3.78. The summed E-state index contributed by atoms with van der Waals surface area (Å²) in [6.45, 7) is 4.77. The van der Waals surface area contributed by atoms with Crippen molar-refractivity contribution >= 4 is 28.1 Å². The molecule has 4 heteroatoms. The number of aromatic nitrogens is 1. The van der Waals surface area contributed by atoms with Crippen LogP contribution in [0.3, 0.4) is 0 Å². The van der Waals surface area contributed by atoms with Gasteiger partial charge in [-0.1, -0.05) is 12.1 Å². The maximum absolute atomic E-state index is 12.3. The highest BCUT2D eigenvalue weighted by molar-refractivity contribution is 7.12. The molecule has 2 aromatic heterocycles. The first kappa shape index (κ1) is 12.9. The Morgan fingerprint density at radius 3 is 2.90 bits per heavy atom. The third-order valence-electron chi connectivity index (χ3n) is 3.47. The lowest BCUT2D eigenvalue weighted by Crippen LogP contribution is -2.22. The number of benzene rings is 1. The van der Waals surface area contributed by atoms with Gasteiger partial charge in [0.25, 0.3) is 5.91 Å². The zero-order valence-electron chi connectivity index (χ0n) is 11.5. The molecule has 3 nitrogen and oxygen atoms in total. The fourth-order valence-electron chi connectivity index (χ4n) is 2.27. The van der Waals surface area contributed by atoms with E-state index in [2.05, 4.69) is 30.2 Å². The molecule has 0 spiro atoms. The molecular formula is C16H16N2OS. The summed E-state index contributed by atoms with van der Waals surface area (Å²) in [6, 6.07) is 9.85. The van der Waals surface area contributed by atoms with E-state index in [1.54, 1.807) is 11.3 Å². The SMILES string of the molecule is Cc1cc(CNC(=O)c2cccc3cc[nH]c23)sc1C. The van der Waals surface area contributed by atoms with Gasteiger partial charge in [0.2, 0.25) is 0 Å². The van der Waals surface area contributed by atoms with Crippen molar-refractivity contribution in [2.24, 2.45) is 0 Å². The molecule has 0 aliphatic carbocycles. The summed E-state index contributed by atoms with van der Waals surface area (Å²) in [4.78, 5) is 17.9. The van der Waals surface area contributed by atoms with Crippen LogP contribution in [0.1, 0.15) is 25.7 Å². The van der Waals surface area contributed by atoms with Crippen LogP contribution in [0.2, 0.25) is 0 Å². The molecule has 1 aromatic carbocycles. The van der Waals surface area contributed by atoms with Crippen molar-refractivity contribution in [1.82, 2.24) is 10.3 Å². The van der Waals surface area contributed by atoms with Gasteiger partial charge in [0.1, 0.15) is 0 Å². The van der Waals surface area contributed by atoms with E-state index in [-0.39, 0.29) is 5.91 Å². The second-order valence-corrected chi connectivity index (χ2v) is 6.22. The molecule has 3 aromatic rings. The Morgan fingerprint density at radius 1 is 1.30 bits per heavy atom. The minimum absolute atomic E-state index is 0.0400. The Morgan fingerprint density at radius 2 is 2.15 bits per heavy atom. The number of carbonyl (C=O) groups excluding carboxylic acids is 1. The number of thiophene rings is 1. The van der Waals surface area contributed by atoms with Gasteiger partial charge in [0.15, 0.2) is 0 Å². The molecular weight excluding hydrogens is 268 g/mol. The summed E-state index contributed by atoms with van der Waals surface area (Å²) in [5.41, 5.74) is 2.87. The van der Waals surface area contributed by atoms with Crippen molar-refractivity contribution in [3.05, 3.63) is 57.4 Å². The number of rotatable bonds is 3. The minimum atomic E-state index is -0.0400. The first-order chi connectivity index (χ1) is 9.65. The fourth-order valence-corrected chi connectivity index (χ4v) is 3.27. The van der Waals surface area contributed by atoms with E-state index in [1.807, 2.05) is 30.5 Å². The average molecular weight is 284 g/mol. The molecule has 0 fully saturated rings. The van der Waals surface area contributed by atoms with Gasteiger partial charge in [-0.25, -0.2) is 0 Å². The number of fused-ring (bicyclic) bond motifs is 1. The summed E-state index contributed by atoms with van der Waals surface area (Å²) < 4.78 is 0. The molecule has 1 amide bonds. The molecule has 0 bridgehead atoms. The number of hydrogen-bond donors (Lipinski definition) is 2. The van der Waals surface area contributed by atoms with E-state index in [4.69, 9.17) is 0 Å². The number of H-pyrrole nitrogens is 1. The predicted molar refractivity (Wildman–Crippen MR) is 83.3 cm³/mol. The van der Waals surface area contributed by atoms with E-state index in [9.17, 15) is 4.79 Å². The monoisotopic (exact) mass is 284 g/mol. The van der Waals surface area contributed by atoms with Gasteiger partial charge in [-0.2, -0.15) is 0 Å². The summed E-state index contributed by atoms with van der Waals surface area (Å²) >= 11 is 1.73. The van der Waals surface area contributed by atoms with Crippen molar-refractivity contribution in [3.63, 3.8) is 0 Å². The van der Waals surface area contributed by atoms with Gasteiger partial charge in [-0.3, -0.25) is 4.79 Å². The Labute approximate surface area is 121 Å². The van der Waals surface area contributed by atoms with Gasteiger partial charge < -0.3 is 10.3 Å². The molecule has 0 unspecified atom stereocenters. The Hall–Kier alpha value is -2.07. The first-order valence-corrected chi connectivity index (χ1v) is 7.37. The normalized spacial score (nSPS) is 10.9. The summed E-state index contributed by atoms with van der Waals surface area (Å²) in [5.74, 6) is -0.0400. The second-order valence-electron chi connectivity index (χ2n) is 4.88. The molecule has 2 N–H and O–H groups in total. The standard InChI is InChI=1S/C16H16N2OS/c1-10-8-13(20-11(10)2)9-18-16(19)14-5-3-4-12-6-7-17-15(12)14/h3-8,17H,9H2,1-2H3,(H,18,19). The number of amides is 1. The molecule has 2 heterocycles. The Balaban J connectivity index is 1.78. The van der Waals surface area contributed by atoms with E-state index in [0.717, 1.165) is 10.9 Å². The smallest absolute Gasteiger partial charge is 0.253 e.